The fourth-order valence-corrected chi connectivity index (χ4v) is 4.86. The van der Waals surface area contributed by atoms with E-state index in [9.17, 15) is 23.1 Å². The summed E-state index contributed by atoms with van der Waals surface area (Å²) in [7, 11) is 0. The Labute approximate surface area is 200 Å². The van der Waals surface area contributed by atoms with Crippen LogP contribution in [-0.4, -0.2) is 40.6 Å². The fraction of sp³-hybridized carbons (Fsp3) is 0.519. The van der Waals surface area contributed by atoms with Gasteiger partial charge < -0.3 is 10.4 Å². The summed E-state index contributed by atoms with van der Waals surface area (Å²) >= 11 is 0. The van der Waals surface area contributed by atoms with Crippen molar-refractivity contribution in [1.82, 2.24) is 10.2 Å². The summed E-state index contributed by atoms with van der Waals surface area (Å²) in [6.45, 7) is 10.2. The van der Waals surface area contributed by atoms with Gasteiger partial charge in [0, 0.05) is 25.7 Å². The standard InChI is InChI=1S/C27H35F3N2O2/c1-25(2,3)18-26(4,24(33)34)32-15-13-23(14-16-32)31-17-19-5-7-20(8-6-19)21-9-11-22(12-10-21)27(28,29)30/h5-12,23,31H,13-18H2,1-4H3,(H,33,34). The van der Waals surface area contributed by atoms with Crippen molar-refractivity contribution in [2.45, 2.75) is 71.3 Å². The predicted octanol–water partition coefficient (Wildman–Crippen LogP) is 6.21. The second-order valence-electron chi connectivity index (χ2n) is 10.7. The number of alkyl halides is 3. The van der Waals surface area contributed by atoms with Crippen molar-refractivity contribution in [3.05, 3.63) is 59.7 Å². The topological polar surface area (TPSA) is 52.6 Å². The molecule has 0 saturated carbocycles. The molecule has 2 aromatic carbocycles. The molecule has 7 heteroatoms. The number of nitrogens with one attached hydrogen (secondary N) is 1. The number of likely N-dealkylation sites (tertiary alicyclic amines) is 1. The van der Waals surface area contributed by atoms with Gasteiger partial charge in [-0.2, -0.15) is 13.2 Å². The first-order chi connectivity index (χ1) is 15.8. The summed E-state index contributed by atoms with van der Waals surface area (Å²) in [4.78, 5) is 14.2. The molecule has 1 aliphatic rings. The Kier molecular flexibility index (Phi) is 7.78. The molecule has 1 fully saturated rings. The Hall–Kier alpha value is -2.38. The summed E-state index contributed by atoms with van der Waals surface area (Å²) in [5, 5.41) is 13.5. The van der Waals surface area contributed by atoms with Gasteiger partial charge in [0.15, 0.2) is 0 Å². The molecule has 1 aliphatic heterocycles. The maximum absolute atomic E-state index is 12.8. The van der Waals surface area contributed by atoms with Crippen LogP contribution in [0.1, 0.15) is 58.1 Å². The number of carboxylic acids is 1. The number of piperidine rings is 1. The van der Waals surface area contributed by atoms with E-state index in [1.165, 1.54) is 12.1 Å². The van der Waals surface area contributed by atoms with Crippen molar-refractivity contribution in [3.63, 3.8) is 0 Å². The zero-order chi connectivity index (χ0) is 25.1. The number of aliphatic carboxylic acids is 1. The van der Waals surface area contributed by atoms with E-state index in [-0.39, 0.29) is 5.41 Å². The van der Waals surface area contributed by atoms with Gasteiger partial charge in [-0.3, -0.25) is 9.69 Å². The molecular weight excluding hydrogens is 441 g/mol. The summed E-state index contributed by atoms with van der Waals surface area (Å²) in [5.74, 6) is -0.762. The summed E-state index contributed by atoms with van der Waals surface area (Å²) in [6, 6.07) is 13.3. The molecule has 0 radical (unpaired) electrons. The first-order valence-corrected chi connectivity index (χ1v) is 11.8. The van der Waals surface area contributed by atoms with Crippen LogP contribution in [-0.2, 0) is 17.5 Å². The van der Waals surface area contributed by atoms with E-state index in [0.29, 0.717) is 19.0 Å². The monoisotopic (exact) mass is 476 g/mol. The fourth-order valence-electron chi connectivity index (χ4n) is 4.86. The summed E-state index contributed by atoms with van der Waals surface area (Å²) in [5.41, 5.74) is 1.13. The van der Waals surface area contributed by atoms with Crippen LogP contribution in [0.3, 0.4) is 0 Å². The Morgan fingerprint density at radius 2 is 1.44 bits per heavy atom. The van der Waals surface area contributed by atoms with Crippen LogP contribution >= 0.6 is 0 Å². The number of halogens is 3. The maximum Gasteiger partial charge on any atom is 0.416 e. The van der Waals surface area contributed by atoms with Crippen molar-refractivity contribution in [2.75, 3.05) is 13.1 Å². The normalized spacial score (nSPS) is 18.0. The van der Waals surface area contributed by atoms with Crippen LogP contribution in [0.2, 0.25) is 0 Å². The molecule has 0 aromatic heterocycles. The number of benzene rings is 2. The first kappa shape index (κ1) is 26.2. The number of carbonyl (C=O) groups is 1. The third-order valence-electron chi connectivity index (χ3n) is 6.62. The van der Waals surface area contributed by atoms with Crippen molar-refractivity contribution in [1.29, 1.82) is 0 Å². The lowest BCUT2D eigenvalue weighted by atomic mass is 9.79. The van der Waals surface area contributed by atoms with Gasteiger partial charge in [-0.05, 0) is 60.4 Å². The van der Waals surface area contributed by atoms with Gasteiger partial charge in [0.2, 0.25) is 0 Å². The van der Waals surface area contributed by atoms with Crippen molar-refractivity contribution < 1.29 is 23.1 Å². The van der Waals surface area contributed by atoms with Crippen LogP contribution in [0.5, 0.6) is 0 Å². The van der Waals surface area contributed by atoms with E-state index in [0.717, 1.165) is 54.8 Å². The lowest BCUT2D eigenvalue weighted by Gasteiger charge is -2.45. The average Bonchev–Trinajstić information content (AvgIpc) is 2.76. The molecule has 1 heterocycles. The summed E-state index contributed by atoms with van der Waals surface area (Å²) < 4.78 is 38.3. The van der Waals surface area contributed by atoms with Crippen LogP contribution in [0.15, 0.2) is 48.5 Å². The highest BCUT2D eigenvalue weighted by atomic mass is 19.4. The molecule has 0 spiro atoms. The number of hydrogen-bond donors (Lipinski definition) is 2. The van der Waals surface area contributed by atoms with Gasteiger partial charge in [-0.25, -0.2) is 0 Å². The molecule has 1 atom stereocenters. The van der Waals surface area contributed by atoms with Gasteiger partial charge in [-0.1, -0.05) is 57.2 Å². The van der Waals surface area contributed by atoms with Crippen molar-refractivity contribution >= 4 is 5.97 Å². The minimum Gasteiger partial charge on any atom is -0.480 e. The van der Waals surface area contributed by atoms with E-state index in [4.69, 9.17) is 0 Å². The molecule has 34 heavy (non-hydrogen) atoms. The molecule has 1 saturated heterocycles. The Bertz CT molecular complexity index is 957. The Morgan fingerprint density at radius 3 is 1.88 bits per heavy atom. The van der Waals surface area contributed by atoms with Crippen LogP contribution in [0.4, 0.5) is 13.2 Å². The molecule has 3 rings (SSSR count). The van der Waals surface area contributed by atoms with Crippen LogP contribution in [0, 0.1) is 5.41 Å². The minimum atomic E-state index is -4.33. The van der Waals surface area contributed by atoms with Gasteiger partial charge in [0.25, 0.3) is 0 Å². The number of hydrogen-bond acceptors (Lipinski definition) is 3. The maximum atomic E-state index is 12.8. The van der Waals surface area contributed by atoms with Crippen molar-refractivity contribution in [2.24, 2.45) is 5.41 Å². The molecule has 1 unspecified atom stereocenters. The van der Waals surface area contributed by atoms with E-state index in [2.05, 4.69) is 31.0 Å². The molecule has 0 aliphatic carbocycles. The highest BCUT2D eigenvalue weighted by Crippen LogP contribution is 2.34. The lowest BCUT2D eigenvalue weighted by Crippen LogP contribution is -2.58. The molecule has 186 valence electrons. The highest BCUT2D eigenvalue weighted by molar-refractivity contribution is 5.78. The highest BCUT2D eigenvalue weighted by Gasteiger charge is 2.43. The van der Waals surface area contributed by atoms with Gasteiger partial charge >= 0.3 is 12.1 Å². The van der Waals surface area contributed by atoms with E-state index < -0.39 is 23.2 Å². The minimum absolute atomic E-state index is 0.0746. The molecule has 4 nitrogen and oxygen atoms in total. The van der Waals surface area contributed by atoms with Gasteiger partial charge in [0.1, 0.15) is 5.54 Å². The second kappa shape index (κ2) is 10.1. The zero-order valence-electron chi connectivity index (χ0n) is 20.4. The number of rotatable bonds is 7. The molecular formula is C27H35F3N2O2. The Balaban J connectivity index is 1.53. The second-order valence-corrected chi connectivity index (χ2v) is 10.7. The number of nitrogens with zero attached hydrogens (tertiary/aromatic N) is 1. The molecule has 2 aromatic rings. The van der Waals surface area contributed by atoms with E-state index >= 15 is 0 Å². The smallest absolute Gasteiger partial charge is 0.416 e. The van der Waals surface area contributed by atoms with E-state index in [1.54, 1.807) is 0 Å². The van der Waals surface area contributed by atoms with Crippen molar-refractivity contribution in [3.8, 4) is 11.1 Å². The SMILES string of the molecule is CC(C)(C)CC(C)(C(=O)O)N1CCC(NCc2ccc(-c3ccc(C(F)(F)F)cc3)cc2)CC1. The zero-order valence-corrected chi connectivity index (χ0v) is 20.4. The first-order valence-electron chi connectivity index (χ1n) is 11.8. The van der Waals surface area contributed by atoms with Crippen LogP contribution in [0.25, 0.3) is 11.1 Å². The molecule has 0 amide bonds. The van der Waals surface area contributed by atoms with E-state index in [1.807, 2.05) is 31.2 Å². The summed E-state index contributed by atoms with van der Waals surface area (Å²) in [6.07, 6.45) is -1.96. The van der Waals surface area contributed by atoms with Crippen LogP contribution < -0.4 is 5.32 Å². The largest absolute Gasteiger partial charge is 0.480 e. The molecule has 0 bridgehead atoms. The quantitative estimate of drug-likeness (QED) is 0.499. The average molecular weight is 477 g/mol. The third kappa shape index (κ3) is 6.60. The third-order valence-corrected chi connectivity index (χ3v) is 6.62. The Morgan fingerprint density at radius 1 is 0.941 bits per heavy atom. The molecule has 2 N–H and O–H groups in total. The van der Waals surface area contributed by atoms with Gasteiger partial charge in [-0.15, -0.1) is 0 Å². The van der Waals surface area contributed by atoms with Gasteiger partial charge in [0.05, 0.1) is 5.56 Å². The lowest BCUT2D eigenvalue weighted by molar-refractivity contribution is -0.153. The number of carboxylic acid groups (broad SMARTS) is 1. The predicted molar refractivity (Wildman–Crippen MR) is 128 cm³/mol.